The number of rotatable bonds is 10. The zero-order valence-electron chi connectivity index (χ0n) is 34.6. The zero-order valence-corrected chi connectivity index (χ0v) is 35.4. The van der Waals surface area contributed by atoms with Crippen molar-refractivity contribution in [2.75, 3.05) is 9.80 Å². The summed E-state index contributed by atoms with van der Waals surface area (Å²) in [5.41, 5.74) is 15.9. The Balaban J connectivity index is 1.15. The molecule has 10 aromatic carbocycles. The third-order valence-corrected chi connectivity index (χ3v) is 13.0. The summed E-state index contributed by atoms with van der Waals surface area (Å²) in [6.45, 7) is 0. The van der Waals surface area contributed by atoms with Gasteiger partial charge in [-0.15, -0.1) is 11.3 Å². The highest BCUT2D eigenvalue weighted by Crippen LogP contribution is 2.51. The van der Waals surface area contributed by atoms with E-state index in [1.807, 2.05) is 11.3 Å². The Labute approximate surface area is 372 Å². The molecule has 0 radical (unpaired) electrons. The molecule has 0 bridgehead atoms. The van der Waals surface area contributed by atoms with E-state index in [0.29, 0.717) is 0 Å². The first-order valence-electron chi connectivity index (χ1n) is 21.4. The van der Waals surface area contributed by atoms with Gasteiger partial charge in [0.1, 0.15) is 0 Å². The second-order valence-corrected chi connectivity index (χ2v) is 16.7. The molecule has 0 aliphatic heterocycles. The Kier molecular flexibility index (Phi) is 10.1. The molecule has 1 heterocycles. The maximum atomic E-state index is 2.50. The second kappa shape index (κ2) is 16.8. The van der Waals surface area contributed by atoms with Crippen molar-refractivity contribution in [2.24, 2.45) is 0 Å². The normalized spacial score (nSPS) is 11.2. The van der Waals surface area contributed by atoms with Crippen molar-refractivity contribution in [3.63, 3.8) is 0 Å². The lowest BCUT2D eigenvalue weighted by Crippen LogP contribution is -2.13. The molecule has 0 N–H and O–H groups in total. The minimum absolute atomic E-state index is 1.07. The Hall–Kier alpha value is -7.98. The van der Waals surface area contributed by atoms with Gasteiger partial charge in [0.05, 0.1) is 28.4 Å². The van der Waals surface area contributed by atoms with Crippen LogP contribution in [0, 0.1) is 0 Å². The number of hydrogen-bond donors (Lipinski definition) is 0. The van der Waals surface area contributed by atoms with Crippen molar-refractivity contribution in [2.45, 2.75) is 0 Å². The van der Waals surface area contributed by atoms with Gasteiger partial charge in [-0.1, -0.05) is 200 Å². The van der Waals surface area contributed by atoms with Gasteiger partial charge in [0.25, 0.3) is 0 Å². The quantitative estimate of drug-likeness (QED) is 0.136. The number of hydrogen-bond acceptors (Lipinski definition) is 3. The second-order valence-electron chi connectivity index (χ2n) is 15.6. The number of benzene rings is 10. The molecule has 0 spiro atoms. The number of para-hydroxylation sites is 4. The van der Waals surface area contributed by atoms with E-state index in [0.717, 1.165) is 56.4 Å². The summed E-state index contributed by atoms with van der Waals surface area (Å²) in [5.74, 6) is 0. The minimum atomic E-state index is 1.07. The highest BCUT2D eigenvalue weighted by atomic mass is 32.1. The molecule has 2 nitrogen and oxygen atoms in total. The Bertz CT molecular complexity index is 3270. The fourth-order valence-electron chi connectivity index (χ4n) is 9.06. The predicted octanol–water partition coefficient (Wildman–Crippen LogP) is 17.7. The van der Waals surface area contributed by atoms with Crippen molar-refractivity contribution >= 4 is 65.6 Å². The highest BCUT2D eigenvalue weighted by Gasteiger charge is 2.25. The summed E-state index contributed by atoms with van der Waals surface area (Å²) in [6.07, 6.45) is 0. The first kappa shape index (κ1) is 38.0. The number of fused-ring (bicyclic) bond motifs is 3. The van der Waals surface area contributed by atoms with E-state index in [2.05, 4.69) is 265 Å². The van der Waals surface area contributed by atoms with Crippen LogP contribution >= 0.6 is 11.3 Å². The minimum Gasteiger partial charge on any atom is -0.309 e. The Morgan fingerprint density at radius 3 is 1.14 bits per heavy atom. The van der Waals surface area contributed by atoms with Crippen LogP contribution in [0.15, 0.2) is 255 Å². The van der Waals surface area contributed by atoms with E-state index >= 15 is 0 Å². The van der Waals surface area contributed by atoms with Crippen LogP contribution in [0.2, 0.25) is 0 Å². The molecule has 11 aromatic rings. The molecule has 298 valence electrons. The summed E-state index contributed by atoms with van der Waals surface area (Å²) in [7, 11) is 0. The third kappa shape index (κ3) is 7.15. The van der Waals surface area contributed by atoms with Gasteiger partial charge in [-0.25, -0.2) is 0 Å². The SMILES string of the molecule is c1ccc(-c2ccccc2N(c2cccc(-c3ccccc3N(c3ccccc3-c3ccccc3)c3cccc4sc5ccccc5c34)c2)c2ccccc2-c2ccccc2)cc1. The molecule has 0 atom stereocenters. The molecule has 3 heteroatoms. The van der Waals surface area contributed by atoms with Crippen LogP contribution in [0.25, 0.3) is 64.7 Å². The van der Waals surface area contributed by atoms with E-state index in [1.54, 1.807) is 0 Å². The van der Waals surface area contributed by atoms with Gasteiger partial charge in [-0.3, -0.25) is 0 Å². The number of thiophene rings is 1. The summed E-state index contributed by atoms with van der Waals surface area (Å²) < 4.78 is 2.55. The van der Waals surface area contributed by atoms with Gasteiger partial charge < -0.3 is 9.80 Å². The Morgan fingerprint density at radius 1 is 0.254 bits per heavy atom. The molecular formula is C60H42N2S. The molecule has 0 fully saturated rings. The molecule has 1 aromatic heterocycles. The lowest BCUT2D eigenvalue weighted by atomic mass is 9.96. The molecule has 0 saturated carbocycles. The standard InChI is InChI=1S/C60H42N2S/c1-4-22-43(23-5-1)48-30-10-15-35-53(48)61(54-36-16-11-31-49(54)44-24-6-2-7-25-44)47-29-20-28-46(42-47)51-33-13-18-38-56(51)62(55-37-17-12-32-50(55)45-26-8-3-9-27-45)57-39-21-41-59-60(57)52-34-14-19-40-58(52)63-59/h1-42H. The highest BCUT2D eigenvalue weighted by molar-refractivity contribution is 7.26. The van der Waals surface area contributed by atoms with Crippen LogP contribution in [0.3, 0.4) is 0 Å². The van der Waals surface area contributed by atoms with E-state index < -0.39 is 0 Å². The average molecular weight is 823 g/mol. The fourth-order valence-corrected chi connectivity index (χ4v) is 10.2. The van der Waals surface area contributed by atoms with Crippen molar-refractivity contribution in [3.8, 4) is 44.5 Å². The van der Waals surface area contributed by atoms with Gasteiger partial charge in [-0.2, -0.15) is 0 Å². The van der Waals surface area contributed by atoms with Gasteiger partial charge in [0.2, 0.25) is 0 Å². The van der Waals surface area contributed by atoms with Crippen LogP contribution in [0.5, 0.6) is 0 Å². The Morgan fingerprint density at radius 2 is 0.619 bits per heavy atom. The van der Waals surface area contributed by atoms with Crippen LogP contribution in [0.1, 0.15) is 0 Å². The first-order chi connectivity index (χ1) is 31.3. The molecule has 0 saturated heterocycles. The van der Waals surface area contributed by atoms with E-state index in [-0.39, 0.29) is 0 Å². The van der Waals surface area contributed by atoms with Crippen LogP contribution in [-0.4, -0.2) is 0 Å². The lowest BCUT2D eigenvalue weighted by Gasteiger charge is -2.32. The van der Waals surface area contributed by atoms with Crippen molar-refractivity contribution in [3.05, 3.63) is 255 Å². The molecule has 11 rings (SSSR count). The summed E-state index contributed by atoms with van der Waals surface area (Å²) in [4.78, 5) is 4.94. The van der Waals surface area contributed by atoms with Crippen LogP contribution < -0.4 is 9.80 Å². The smallest absolute Gasteiger partial charge is 0.0555 e. The van der Waals surface area contributed by atoms with Crippen LogP contribution in [0.4, 0.5) is 34.1 Å². The van der Waals surface area contributed by atoms with Crippen molar-refractivity contribution in [1.29, 1.82) is 0 Å². The zero-order chi connectivity index (χ0) is 42.0. The van der Waals surface area contributed by atoms with Gasteiger partial charge >= 0.3 is 0 Å². The van der Waals surface area contributed by atoms with Crippen molar-refractivity contribution < 1.29 is 0 Å². The van der Waals surface area contributed by atoms with Gasteiger partial charge in [0.15, 0.2) is 0 Å². The lowest BCUT2D eigenvalue weighted by molar-refractivity contribution is 1.28. The van der Waals surface area contributed by atoms with E-state index in [1.165, 1.54) is 42.4 Å². The van der Waals surface area contributed by atoms with E-state index in [4.69, 9.17) is 0 Å². The van der Waals surface area contributed by atoms with E-state index in [9.17, 15) is 0 Å². The average Bonchev–Trinajstić information content (AvgIpc) is 3.75. The monoisotopic (exact) mass is 822 g/mol. The third-order valence-electron chi connectivity index (χ3n) is 11.9. The summed E-state index contributed by atoms with van der Waals surface area (Å²) in [6, 6.07) is 92.1. The maximum Gasteiger partial charge on any atom is 0.0555 e. The molecular weight excluding hydrogens is 781 g/mol. The molecule has 0 aliphatic carbocycles. The summed E-state index contributed by atoms with van der Waals surface area (Å²) >= 11 is 1.85. The van der Waals surface area contributed by atoms with Gasteiger partial charge in [-0.05, 0) is 76.9 Å². The fraction of sp³-hybridized carbons (Fsp3) is 0. The summed E-state index contributed by atoms with van der Waals surface area (Å²) in [5, 5.41) is 2.52. The topological polar surface area (TPSA) is 6.48 Å². The van der Waals surface area contributed by atoms with Crippen molar-refractivity contribution in [1.82, 2.24) is 0 Å². The van der Waals surface area contributed by atoms with Crippen LogP contribution in [-0.2, 0) is 0 Å². The number of nitrogens with zero attached hydrogens (tertiary/aromatic N) is 2. The van der Waals surface area contributed by atoms with Gasteiger partial charge in [0, 0.05) is 48.1 Å². The molecule has 0 aliphatic rings. The molecule has 63 heavy (non-hydrogen) atoms. The molecule has 0 amide bonds. The largest absolute Gasteiger partial charge is 0.309 e. The first-order valence-corrected chi connectivity index (χ1v) is 22.3. The number of anilines is 6. The maximum absolute atomic E-state index is 2.50. The predicted molar refractivity (Wildman–Crippen MR) is 270 cm³/mol. The molecule has 0 unspecified atom stereocenters.